The minimum atomic E-state index is -0.870. The number of nitrogens with zero attached hydrogens (tertiary/aromatic N) is 2. The molecule has 0 saturated carbocycles. The lowest BCUT2D eigenvalue weighted by molar-refractivity contribution is -0.140. The van der Waals surface area contributed by atoms with E-state index in [0.717, 1.165) is 0 Å². The van der Waals surface area contributed by atoms with Gasteiger partial charge in [0.25, 0.3) is 5.89 Å². The number of fused-ring (bicyclic) bond motifs is 1. The topological polar surface area (TPSA) is 139 Å². The molecular weight excluding hydrogens is 400 g/mol. The number of likely N-dealkylation sites (tertiary alicyclic amines) is 1. The standard InChI is InChI=1S/C22H30N4O5/c1-11(2)17(23)22(30)26-9-5-6-15(26)20(29)25-18(12(3)4)19(28)21-24-14-10-13(27)7-8-16(14)31-21/h7-8,10-12,15,17-18,27H,5-6,9,23H2,1-4H3,(H,25,29)/t15-,17-,18-/m0/s1. The quantitative estimate of drug-likeness (QED) is 0.570. The molecule has 2 amide bonds. The van der Waals surface area contributed by atoms with E-state index in [0.29, 0.717) is 30.5 Å². The van der Waals surface area contributed by atoms with Crippen LogP contribution in [0.1, 0.15) is 51.2 Å². The number of rotatable bonds is 7. The van der Waals surface area contributed by atoms with Crippen LogP contribution in [0.5, 0.6) is 5.75 Å². The molecule has 9 heteroatoms. The number of phenols is 1. The number of carbonyl (C=O) groups is 3. The van der Waals surface area contributed by atoms with Crippen LogP contribution in [0, 0.1) is 11.8 Å². The van der Waals surface area contributed by atoms with Crippen molar-refractivity contribution in [3.8, 4) is 5.75 Å². The number of aromatic nitrogens is 1. The number of aromatic hydroxyl groups is 1. The number of nitrogens with one attached hydrogen (secondary N) is 1. The van der Waals surface area contributed by atoms with Crippen molar-refractivity contribution in [1.29, 1.82) is 0 Å². The van der Waals surface area contributed by atoms with Crippen LogP contribution in [0.4, 0.5) is 0 Å². The van der Waals surface area contributed by atoms with Crippen LogP contribution in [0.2, 0.25) is 0 Å². The second-order valence-electron chi connectivity index (χ2n) is 8.73. The largest absolute Gasteiger partial charge is 0.508 e. The average Bonchev–Trinajstić information content (AvgIpc) is 3.36. The van der Waals surface area contributed by atoms with Gasteiger partial charge in [0.2, 0.25) is 17.6 Å². The van der Waals surface area contributed by atoms with Gasteiger partial charge >= 0.3 is 0 Å². The molecule has 0 aliphatic carbocycles. The zero-order valence-electron chi connectivity index (χ0n) is 18.3. The first-order valence-electron chi connectivity index (χ1n) is 10.6. The zero-order valence-corrected chi connectivity index (χ0v) is 18.3. The summed E-state index contributed by atoms with van der Waals surface area (Å²) >= 11 is 0. The van der Waals surface area contributed by atoms with E-state index in [4.69, 9.17) is 10.2 Å². The fraction of sp³-hybridized carbons (Fsp3) is 0.545. The second-order valence-corrected chi connectivity index (χ2v) is 8.73. The number of phenolic OH excluding ortho intramolecular Hbond substituents is 1. The minimum Gasteiger partial charge on any atom is -0.508 e. The number of nitrogens with two attached hydrogens (primary N) is 1. The molecular formula is C22H30N4O5. The summed E-state index contributed by atoms with van der Waals surface area (Å²) in [6.07, 6.45) is 1.22. The summed E-state index contributed by atoms with van der Waals surface area (Å²) in [5.41, 5.74) is 6.73. The van der Waals surface area contributed by atoms with Crippen molar-refractivity contribution >= 4 is 28.7 Å². The molecule has 1 fully saturated rings. The van der Waals surface area contributed by atoms with E-state index in [2.05, 4.69) is 10.3 Å². The van der Waals surface area contributed by atoms with E-state index < -0.39 is 23.9 Å². The molecule has 2 aromatic rings. The number of hydrogen-bond donors (Lipinski definition) is 3. The first-order chi connectivity index (χ1) is 14.6. The molecule has 3 atom stereocenters. The Labute approximate surface area is 181 Å². The van der Waals surface area contributed by atoms with Crippen LogP contribution in [0.3, 0.4) is 0 Å². The highest BCUT2D eigenvalue weighted by Gasteiger charge is 2.39. The van der Waals surface area contributed by atoms with Gasteiger partial charge in [0, 0.05) is 12.6 Å². The molecule has 1 aliphatic heterocycles. The van der Waals surface area contributed by atoms with Gasteiger partial charge in [0.1, 0.15) is 17.3 Å². The van der Waals surface area contributed by atoms with Gasteiger partial charge < -0.3 is 25.5 Å². The summed E-state index contributed by atoms with van der Waals surface area (Å²) in [4.78, 5) is 44.5. The highest BCUT2D eigenvalue weighted by Crippen LogP contribution is 2.23. The van der Waals surface area contributed by atoms with Crippen LogP contribution in [0.15, 0.2) is 22.6 Å². The third-order valence-electron chi connectivity index (χ3n) is 5.67. The van der Waals surface area contributed by atoms with Crippen molar-refractivity contribution in [2.75, 3.05) is 6.54 Å². The Bertz CT molecular complexity index is 983. The molecule has 0 spiro atoms. The summed E-state index contributed by atoms with van der Waals surface area (Å²) < 4.78 is 5.54. The second kappa shape index (κ2) is 9.05. The van der Waals surface area contributed by atoms with Crippen molar-refractivity contribution in [3.63, 3.8) is 0 Å². The summed E-state index contributed by atoms with van der Waals surface area (Å²) in [5.74, 6) is -1.50. The summed E-state index contributed by atoms with van der Waals surface area (Å²) in [6.45, 7) is 7.81. The summed E-state index contributed by atoms with van der Waals surface area (Å²) in [7, 11) is 0. The van der Waals surface area contributed by atoms with Gasteiger partial charge in [-0.05, 0) is 36.8 Å². The number of oxazole rings is 1. The van der Waals surface area contributed by atoms with Crippen molar-refractivity contribution < 1.29 is 23.9 Å². The zero-order chi connectivity index (χ0) is 22.9. The lowest BCUT2D eigenvalue weighted by atomic mass is 9.98. The highest BCUT2D eigenvalue weighted by atomic mass is 16.4. The Morgan fingerprint density at radius 1 is 1.23 bits per heavy atom. The van der Waals surface area contributed by atoms with E-state index in [1.165, 1.54) is 23.1 Å². The number of carbonyl (C=O) groups excluding carboxylic acids is 3. The summed E-state index contributed by atoms with van der Waals surface area (Å²) in [6, 6.07) is 2.16. The van der Waals surface area contributed by atoms with E-state index in [9.17, 15) is 19.5 Å². The molecule has 4 N–H and O–H groups in total. The fourth-order valence-corrected chi connectivity index (χ4v) is 3.72. The van der Waals surface area contributed by atoms with Gasteiger partial charge in [-0.25, -0.2) is 4.98 Å². The highest BCUT2D eigenvalue weighted by molar-refractivity contribution is 6.01. The normalized spacial score (nSPS) is 18.5. The van der Waals surface area contributed by atoms with E-state index >= 15 is 0 Å². The average molecular weight is 431 g/mol. The van der Waals surface area contributed by atoms with E-state index in [-0.39, 0.29) is 35.3 Å². The number of hydrogen-bond acceptors (Lipinski definition) is 7. The Kier molecular flexibility index (Phi) is 6.64. The first-order valence-corrected chi connectivity index (χ1v) is 10.6. The van der Waals surface area contributed by atoms with E-state index in [1.807, 2.05) is 27.7 Å². The molecule has 31 heavy (non-hydrogen) atoms. The number of ketones is 1. The number of amides is 2. The molecule has 2 heterocycles. The van der Waals surface area contributed by atoms with Crippen molar-refractivity contribution in [1.82, 2.24) is 15.2 Å². The van der Waals surface area contributed by atoms with Gasteiger partial charge in [-0.15, -0.1) is 0 Å². The number of benzene rings is 1. The van der Waals surface area contributed by atoms with Gasteiger partial charge in [0.05, 0.1) is 12.1 Å². The van der Waals surface area contributed by atoms with E-state index in [1.54, 1.807) is 0 Å². The lowest BCUT2D eigenvalue weighted by Gasteiger charge is -2.29. The van der Waals surface area contributed by atoms with Crippen LogP contribution in [-0.2, 0) is 9.59 Å². The Morgan fingerprint density at radius 3 is 2.58 bits per heavy atom. The lowest BCUT2D eigenvalue weighted by Crippen LogP contribution is -2.55. The molecule has 1 saturated heterocycles. The Hall–Kier alpha value is -2.94. The molecule has 168 valence electrons. The maximum atomic E-state index is 13.1. The molecule has 1 aromatic carbocycles. The predicted octanol–water partition coefficient (Wildman–Crippen LogP) is 1.83. The van der Waals surface area contributed by atoms with Crippen LogP contribution >= 0.6 is 0 Å². The molecule has 0 radical (unpaired) electrons. The van der Waals surface area contributed by atoms with Gasteiger partial charge in [-0.2, -0.15) is 0 Å². The minimum absolute atomic E-state index is 0.0131. The fourth-order valence-electron chi connectivity index (χ4n) is 3.72. The van der Waals surface area contributed by atoms with Gasteiger partial charge in [-0.3, -0.25) is 14.4 Å². The third kappa shape index (κ3) is 4.71. The van der Waals surface area contributed by atoms with Crippen LogP contribution in [0.25, 0.3) is 11.1 Å². The molecule has 0 bridgehead atoms. The Balaban J connectivity index is 1.77. The first kappa shape index (κ1) is 22.7. The van der Waals surface area contributed by atoms with Crippen molar-refractivity contribution in [2.45, 2.75) is 58.7 Å². The predicted molar refractivity (Wildman–Crippen MR) is 114 cm³/mol. The van der Waals surface area contributed by atoms with Crippen molar-refractivity contribution in [2.24, 2.45) is 17.6 Å². The molecule has 9 nitrogen and oxygen atoms in total. The number of Topliss-reactive ketones (excluding diaryl/α,β-unsaturated/α-hetero) is 1. The SMILES string of the molecule is CC(C)[C@H](N)C(=O)N1CCC[C@H]1C(=O)N[C@H](C(=O)c1nc2cc(O)ccc2o1)C(C)C. The molecule has 1 aliphatic rings. The van der Waals surface area contributed by atoms with Gasteiger partial charge in [0.15, 0.2) is 5.58 Å². The van der Waals surface area contributed by atoms with Crippen LogP contribution < -0.4 is 11.1 Å². The monoisotopic (exact) mass is 430 g/mol. The maximum Gasteiger partial charge on any atom is 0.266 e. The maximum absolute atomic E-state index is 13.1. The molecule has 3 rings (SSSR count). The van der Waals surface area contributed by atoms with Crippen LogP contribution in [-0.4, -0.2) is 57.3 Å². The Morgan fingerprint density at radius 2 is 1.94 bits per heavy atom. The summed E-state index contributed by atoms with van der Waals surface area (Å²) in [5, 5.41) is 12.4. The van der Waals surface area contributed by atoms with Gasteiger partial charge in [-0.1, -0.05) is 27.7 Å². The molecule has 1 aromatic heterocycles. The molecule has 0 unspecified atom stereocenters. The smallest absolute Gasteiger partial charge is 0.266 e. The third-order valence-corrected chi connectivity index (χ3v) is 5.67. The van der Waals surface area contributed by atoms with Crippen molar-refractivity contribution in [3.05, 3.63) is 24.1 Å².